The number of hydrogen-bond donors (Lipinski definition) is 1. The summed E-state index contributed by atoms with van der Waals surface area (Å²) in [5, 5.41) is 3.34. The lowest BCUT2D eigenvalue weighted by Crippen LogP contribution is -2.28. The van der Waals surface area contributed by atoms with Gasteiger partial charge in [0, 0.05) is 17.5 Å². The lowest BCUT2D eigenvalue weighted by molar-refractivity contribution is -0.124. The van der Waals surface area contributed by atoms with Gasteiger partial charge in [-0.15, -0.1) is 0 Å². The summed E-state index contributed by atoms with van der Waals surface area (Å²) in [5.74, 6) is -1.38. The van der Waals surface area contributed by atoms with Gasteiger partial charge in [0.15, 0.2) is 6.61 Å². The minimum atomic E-state index is -0.628. The summed E-state index contributed by atoms with van der Waals surface area (Å²) in [6, 6.07) is 24.1. The van der Waals surface area contributed by atoms with Crippen LogP contribution in [-0.4, -0.2) is 23.5 Å². The van der Waals surface area contributed by atoms with Crippen LogP contribution >= 0.6 is 0 Å². The Morgan fingerprint density at radius 3 is 2.39 bits per heavy atom. The van der Waals surface area contributed by atoms with Crippen molar-refractivity contribution in [3.05, 3.63) is 102 Å². The van der Waals surface area contributed by atoms with E-state index in [2.05, 4.69) is 10.3 Å². The van der Waals surface area contributed by atoms with Crippen molar-refractivity contribution in [1.29, 1.82) is 0 Å². The fourth-order valence-corrected chi connectivity index (χ4v) is 3.17. The summed E-state index contributed by atoms with van der Waals surface area (Å²) in [6.45, 7) is -0.0433. The minimum absolute atomic E-state index is 0.292. The van der Waals surface area contributed by atoms with Gasteiger partial charge in [-0.05, 0) is 42.0 Å². The molecule has 0 aliphatic heterocycles. The number of fused-ring (bicyclic) bond motifs is 1. The highest BCUT2D eigenvalue weighted by atomic mass is 19.1. The fraction of sp³-hybridized carbons (Fsp3) is 0.0800. The Labute approximate surface area is 178 Å². The number of esters is 1. The van der Waals surface area contributed by atoms with Crippen LogP contribution in [0.4, 0.5) is 4.39 Å². The monoisotopic (exact) mass is 414 g/mol. The van der Waals surface area contributed by atoms with Crippen molar-refractivity contribution in [2.24, 2.45) is 0 Å². The molecule has 6 heteroatoms. The van der Waals surface area contributed by atoms with Gasteiger partial charge >= 0.3 is 5.97 Å². The van der Waals surface area contributed by atoms with Crippen LogP contribution in [0, 0.1) is 5.82 Å². The van der Waals surface area contributed by atoms with Crippen molar-refractivity contribution in [2.75, 3.05) is 6.61 Å². The van der Waals surface area contributed by atoms with Crippen LogP contribution in [-0.2, 0) is 16.1 Å². The number of halogens is 1. The second kappa shape index (κ2) is 9.17. The van der Waals surface area contributed by atoms with Gasteiger partial charge in [0.05, 0.1) is 16.8 Å². The summed E-state index contributed by atoms with van der Waals surface area (Å²) in [6.07, 6.45) is 0. The summed E-state index contributed by atoms with van der Waals surface area (Å²) < 4.78 is 18.5. The Morgan fingerprint density at radius 1 is 0.903 bits per heavy atom. The number of nitrogens with one attached hydrogen (secondary N) is 1. The van der Waals surface area contributed by atoms with Crippen LogP contribution in [0.25, 0.3) is 22.2 Å². The topological polar surface area (TPSA) is 68.3 Å². The number of hydrogen-bond acceptors (Lipinski definition) is 4. The van der Waals surface area contributed by atoms with Crippen LogP contribution in [0.3, 0.4) is 0 Å². The molecule has 0 fully saturated rings. The number of para-hydroxylation sites is 1. The lowest BCUT2D eigenvalue weighted by atomic mass is 10.0. The molecule has 4 aromatic rings. The molecule has 1 N–H and O–H groups in total. The van der Waals surface area contributed by atoms with E-state index in [-0.39, 0.29) is 5.82 Å². The van der Waals surface area contributed by atoms with E-state index in [0.29, 0.717) is 34.3 Å². The van der Waals surface area contributed by atoms with Crippen LogP contribution < -0.4 is 5.32 Å². The normalized spacial score (nSPS) is 10.6. The molecule has 1 heterocycles. The van der Waals surface area contributed by atoms with E-state index >= 15 is 0 Å². The van der Waals surface area contributed by atoms with Gasteiger partial charge in [0.25, 0.3) is 5.91 Å². The molecule has 0 radical (unpaired) electrons. The third-order valence-corrected chi connectivity index (χ3v) is 4.74. The van der Waals surface area contributed by atoms with Gasteiger partial charge in [0.2, 0.25) is 0 Å². The Hall–Kier alpha value is -4.06. The average Bonchev–Trinajstić information content (AvgIpc) is 2.81. The van der Waals surface area contributed by atoms with Crippen LogP contribution in [0.5, 0.6) is 0 Å². The summed E-state index contributed by atoms with van der Waals surface area (Å²) >= 11 is 0. The van der Waals surface area contributed by atoms with Crippen LogP contribution in [0.2, 0.25) is 0 Å². The van der Waals surface area contributed by atoms with E-state index in [4.69, 9.17) is 4.74 Å². The maximum atomic E-state index is 13.3. The predicted molar refractivity (Wildman–Crippen MR) is 116 cm³/mol. The maximum Gasteiger partial charge on any atom is 0.339 e. The number of carbonyl (C=O) groups is 2. The van der Waals surface area contributed by atoms with E-state index in [9.17, 15) is 14.0 Å². The molecule has 31 heavy (non-hydrogen) atoms. The van der Waals surface area contributed by atoms with E-state index in [1.807, 2.05) is 36.4 Å². The van der Waals surface area contributed by atoms with Gasteiger partial charge in [-0.3, -0.25) is 4.79 Å². The molecule has 3 aromatic carbocycles. The van der Waals surface area contributed by atoms with Gasteiger partial charge in [-0.2, -0.15) is 0 Å². The van der Waals surface area contributed by atoms with E-state index < -0.39 is 18.5 Å². The zero-order valence-electron chi connectivity index (χ0n) is 16.5. The molecule has 0 atom stereocenters. The molecule has 4 rings (SSSR count). The Kier molecular flexibility index (Phi) is 5.98. The van der Waals surface area contributed by atoms with Crippen molar-refractivity contribution in [3.8, 4) is 11.3 Å². The SMILES string of the molecule is O=C(COC(=O)c1cc(-c2ccc(F)cc2)nc2ccccc12)NCc1ccccc1. The van der Waals surface area contributed by atoms with Gasteiger partial charge in [-0.25, -0.2) is 14.2 Å². The van der Waals surface area contributed by atoms with E-state index in [1.165, 1.54) is 12.1 Å². The highest BCUT2D eigenvalue weighted by Gasteiger charge is 2.16. The molecule has 5 nitrogen and oxygen atoms in total. The van der Waals surface area contributed by atoms with Crippen molar-refractivity contribution >= 4 is 22.8 Å². The molecule has 0 aliphatic rings. The largest absolute Gasteiger partial charge is 0.452 e. The number of nitrogens with zero attached hydrogens (tertiary/aromatic N) is 1. The van der Waals surface area contributed by atoms with Crippen molar-refractivity contribution in [2.45, 2.75) is 6.54 Å². The molecular formula is C25H19FN2O3. The number of pyridine rings is 1. The number of rotatable bonds is 6. The molecule has 1 amide bonds. The number of aromatic nitrogens is 1. The molecule has 0 spiro atoms. The predicted octanol–water partition coefficient (Wildman–Crippen LogP) is 4.51. The summed E-state index contributed by atoms with van der Waals surface area (Å²) in [4.78, 5) is 29.5. The van der Waals surface area contributed by atoms with Crippen LogP contribution in [0.15, 0.2) is 84.9 Å². The number of amides is 1. The Bertz CT molecular complexity index is 1220. The molecule has 0 bridgehead atoms. The van der Waals surface area contributed by atoms with Gasteiger partial charge in [-0.1, -0.05) is 48.5 Å². The van der Waals surface area contributed by atoms with E-state index in [1.54, 1.807) is 36.4 Å². The first-order valence-electron chi connectivity index (χ1n) is 9.73. The summed E-state index contributed by atoms with van der Waals surface area (Å²) in [7, 11) is 0. The highest BCUT2D eigenvalue weighted by Crippen LogP contribution is 2.25. The van der Waals surface area contributed by atoms with Crippen molar-refractivity contribution in [1.82, 2.24) is 10.3 Å². The standard InChI is InChI=1S/C25H19FN2O3/c26-19-12-10-18(11-13-19)23-14-21(20-8-4-5-9-22(20)28-23)25(30)31-16-24(29)27-15-17-6-2-1-3-7-17/h1-14H,15-16H2,(H,27,29). The molecule has 154 valence electrons. The Balaban J connectivity index is 1.51. The van der Waals surface area contributed by atoms with Crippen molar-refractivity contribution < 1.29 is 18.7 Å². The second-order valence-electron chi connectivity index (χ2n) is 6.92. The zero-order valence-corrected chi connectivity index (χ0v) is 16.5. The quantitative estimate of drug-likeness (QED) is 0.471. The summed E-state index contributed by atoms with van der Waals surface area (Å²) in [5.41, 5.74) is 3.03. The molecule has 0 saturated heterocycles. The number of benzene rings is 3. The smallest absolute Gasteiger partial charge is 0.339 e. The second-order valence-corrected chi connectivity index (χ2v) is 6.92. The van der Waals surface area contributed by atoms with Gasteiger partial charge < -0.3 is 10.1 Å². The minimum Gasteiger partial charge on any atom is -0.452 e. The third-order valence-electron chi connectivity index (χ3n) is 4.74. The first-order valence-corrected chi connectivity index (χ1v) is 9.73. The molecule has 1 aromatic heterocycles. The molecule has 0 unspecified atom stereocenters. The van der Waals surface area contributed by atoms with Crippen LogP contribution in [0.1, 0.15) is 15.9 Å². The van der Waals surface area contributed by atoms with Crippen molar-refractivity contribution in [3.63, 3.8) is 0 Å². The maximum absolute atomic E-state index is 13.3. The number of carbonyl (C=O) groups excluding carboxylic acids is 2. The molecule has 0 saturated carbocycles. The number of ether oxygens (including phenoxy) is 1. The average molecular weight is 414 g/mol. The Morgan fingerprint density at radius 2 is 1.61 bits per heavy atom. The zero-order chi connectivity index (χ0) is 21.6. The third kappa shape index (κ3) is 4.93. The van der Waals surface area contributed by atoms with E-state index in [0.717, 1.165) is 5.56 Å². The first kappa shape index (κ1) is 20.2. The first-order chi connectivity index (χ1) is 15.1. The lowest BCUT2D eigenvalue weighted by Gasteiger charge is -2.10. The molecule has 0 aliphatic carbocycles. The molecular weight excluding hydrogens is 395 g/mol. The highest BCUT2D eigenvalue weighted by molar-refractivity contribution is 6.05. The van der Waals surface area contributed by atoms with Gasteiger partial charge in [0.1, 0.15) is 5.82 Å². The fourth-order valence-electron chi connectivity index (χ4n) is 3.17.